The fraction of sp³-hybridized carbons (Fsp3) is 0.760. The molecule has 6 nitrogen and oxygen atoms in total. The van der Waals surface area contributed by atoms with Gasteiger partial charge in [0.1, 0.15) is 0 Å². The molecule has 4 rings (SSSR count). The first-order valence-electron chi connectivity index (χ1n) is 12.5. The second-order valence-corrected chi connectivity index (χ2v) is 12.1. The van der Waals surface area contributed by atoms with Crippen molar-refractivity contribution in [3.63, 3.8) is 0 Å². The highest BCUT2D eigenvalue weighted by Crippen LogP contribution is 2.26. The van der Waals surface area contributed by atoms with Gasteiger partial charge < -0.3 is 9.64 Å². The largest absolute Gasteiger partial charge is 0.381 e. The maximum Gasteiger partial charge on any atom is 0.175 e. The first kappa shape index (κ1) is 24.1. The van der Waals surface area contributed by atoms with E-state index in [0.717, 1.165) is 39.4 Å². The normalized spacial score (nSPS) is 26.2. The monoisotopic (exact) mass is 463 g/mol. The summed E-state index contributed by atoms with van der Waals surface area (Å²) in [5, 5.41) is 0. The molecule has 180 valence electrons. The molecule has 3 heterocycles. The van der Waals surface area contributed by atoms with Crippen molar-refractivity contribution in [1.29, 1.82) is 0 Å². The van der Waals surface area contributed by atoms with Crippen LogP contribution in [0.2, 0.25) is 0 Å². The van der Waals surface area contributed by atoms with Crippen LogP contribution in [0.5, 0.6) is 0 Å². The van der Waals surface area contributed by atoms with E-state index in [1.165, 1.54) is 76.5 Å². The quantitative estimate of drug-likeness (QED) is 0.525. The van der Waals surface area contributed by atoms with Gasteiger partial charge in [-0.1, -0.05) is 18.6 Å². The number of hydrogen-bond acceptors (Lipinski definition) is 6. The smallest absolute Gasteiger partial charge is 0.175 e. The minimum Gasteiger partial charge on any atom is -0.381 e. The van der Waals surface area contributed by atoms with E-state index in [4.69, 9.17) is 4.74 Å². The lowest BCUT2D eigenvalue weighted by Crippen LogP contribution is -2.56. The van der Waals surface area contributed by atoms with Gasteiger partial charge in [-0.05, 0) is 68.8 Å². The number of hydrogen-bond donors (Lipinski definition) is 0. The van der Waals surface area contributed by atoms with Gasteiger partial charge in [0.25, 0.3) is 0 Å². The third-order valence-corrected chi connectivity index (χ3v) is 8.54. The maximum atomic E-state index is 11.7. The second kappa shape index (κ2) is 11.4. The summed E-state index contributed by atoms with van der Waals surface area (Å²) >= 11 is 0. The summed E-state index contributed by atoms with van der Waals surface area (Å²) < 4.78 is 29.4. The Bertz CT molecular complexity index is 808. The van der Waals surface area contributed by atoms with E-state index < -0.39 is 9.84 Å². The number of piperazine rings is 1. The molecule has 0 N–H and O–H groups in total. The van der Waals surface area contributed by atoms with Crippen molar-refractivity contribution in [2.75, 3.05) is 65.3 Å². The van der Waals surface area contributed by atoms with Crippen molar-refractivity contribution in [3.05, 3.63) is 29.8 Å². The van der Waals surface area contributed by atoms with Crippen molar-refractivity contribution in [2.24, 2.45) is 5.92 Å². The second-order valence-electron chi connectivity index (χ2n) is 10.1. The van der Waals surface area contributed by atoms with Crippen LogP contribution in [0.15, 0.2) is 29.2 Å². The third kappa shape index (κ3) is 7.00. The SMILES string of the molecule is CS(=O)(=O)c1ccc(CN2CCN3CC(COCCCN4CCCCC4)CC[C@H]3C2)cc1. The van der Waals surface area contributed by atoms with Crippen LogP contribution in [-0.4, -0.2) is 94.4 Å². The Hall–Kier alpha value is -0.990. The van der Waals surface area contributed by atoms with Crippen molar-refractivity contribution in [2.45, 2.75) is 56.0 Å². The molecule has 0 saturated carbocycles. The molecule has 3 aliphatic heterocycles. The zero-order valence-electron chi connectivity index (χ0n) is 19.8. The molecular formula is C25H41N3O3S. The molecule has 3 fully saturated rings. The Labute approximate surface area is 194 Å². The number of sulfone groups is 1. The number of rotatable bonds is 9. The van der Waals surface area contributed by atoms with Crippen LogP contribution in [0.3, 0.4) is 0 Å². The molecule has 0 amide bonds. The fourth-order valence-electron chi connectivity index (χ4n) is 5.53. The van der Waals surface area contributed by atoms with Gasteiger partial charge in [0.2, 0.25) is 0 Å². The van der Waals surface area contributed by atoms with E-state index in [2.05, 4.69) is 14.7 Å². The molecule has 32 heavy (non-hydrogen) atoms. The Morgan fingerprint density at radius 3 is 2.47 bits per heavy atom. The maximum absolute atomic E-state index is 11.7. The van der Waals surface area contributed by atoms with E-state index in [1.54, 1.807) is 12.1 Å². The first-order chi connectivity index (χ1) is 15.5. The highest BCUT2D eigenvalue weighted by molar-refractivity contribution is 7.90. The predicted octanol–water partition coefficient (Wildman–Crippen LogP) is 2.88. The highest BCUT2D eigenvalue weighted by Gasteiger charge is 2.32. The summed E-state index contributed by atoms with van der Waals surface area (Å²) in [6.07, 6.45) is 9.09. The van der Waals surface area contributed by atoms with E-state index >= 15 is 0 Å². The molecule has 0 bridgehead atoms. The van der Waals surface area contributed by atoms with Crippen LogP contribution in [-0.2, 0) is 21.1 Å². The van der Waals surface area contributed by atoms with Crippen LogP contribution in [0.4, 0.5) is 0 Å². The van der Waals surface area contributed by atoms with E-state index in [0.29, 0.717) is 16.9 Å². The van der Waals surface area contributed by atoms with Crippen LogP contribution in [0.25, 0.3) is 0 Å². The number of nitrogens with zero attached hydrogens (tertiary/aromatic N) is 3. The van der Waals surface area contributed by atoms with E-state index in [1.807, 2.05) is 12.1 Å². The van der Waals surface area contributed by atoms with Crippen LogP contribution < -0.4 is 0 Å². The topological polar surface area (TPSA) is 53.1 Å². The Morgan fingerprint density at radius 2 is 1.72 bits per heavy atom. The van der Waals surface area contributed by atoms with Gasteiger partial charge in [-0.15, -0.1) is 0 Å². The molecule has 0 aromatic heterocycles. The Morgan fingerprint density at radius 1 is 0.938 bits per heavy atom. The average Bonchev–Trinajstić information content (AvgIpc) is 2.79. The zero-order chi connectivity index (χ0) is 22.4. The average molecular weight is 464 g/mol. The van der Waals surface area contributed by atoms with E-state index in [-0.39, 0.29) is 0 Å². The molecule has 2 atom stereocenters. The molecule has 0 spiro atoms. The van der Waals surface area contributed by atoms with Gasteiger partial charge in [0, 0.05) is 58.2 Å². The van der Waals surface area contributed by atoms with Crippen molar-refractivity contribution in [3.8, 4) is 0 Å². The molecule has 0 aliphatic carbocycles. The number of ether oxygens (including phenoxy) is 1. The summed E-state index contributed by atoms with van der Waals surface area (Å²) in [4.78, 5) is 8.19. The number of benzene rings is 1. The molecule has 3 saturated heterocycles. The minimum absolute atomic E-state index is 0.401. The van der Waals surface area contributed by atoms with Gasteiger partial charge in [0.15, 0.2) is 9.84 Å². The van der Waals surface area contributed by atoms with Crippen molar-refractivity contribution in [1.82, 2.24) is 14.7 Å². The molecular weight excluding hydrogens is 422 g/mol. The number of fused-ring (bicyclic) bond motifs is 1. The van der Waals surface area contributed by atoms with Gasteiger partial charge >= 0.3 is 0 Å². The molecule has 3 aliphatic rings. The number of piperidine rings is 2. The summed E-state index contributed by atoms with van der Waals surface area (Å²) in [7, 11) is -3.12. The fourth-order valence-corrected chi connectivity index (χ4v) is 6.16. The lowest BCUT2D eigenvalue weighted by atomic mass is 9.91. The number of likely N-dealkylation sites (tertiary alicyclic amines) is 1. The predicted molar refractivity (Wildman–Crippen MR) is 129 cm³/mol. The summed E-state index contributed by atoms with van der Waals surface area (Å²) in [6.45, 7) is 11.0. The molecule has 1 aromatic rings. The summed E-state index contributed by atoms with van der Waals surface area (Å²) in [6, 6.07) is 8.04. The standard InChI is InChI=1S/C25H41N3O3S/c1-32(29,30)25-10-7-22(8-11-25)18-27-15-16-28-19-23(6-9-24(28)20-27)21-31-17-5-14-26-12-3-2-4-13-26/h7-8,10-11,23-24H,2-6,9,12-21H2,1H3/t23?,24-/m0/s1. The Balaban J connectivity index is 1.13. The van der Waals surface area contributed by atoms with Crippen LogP contribution in [0.1, 0.15) is 44.1 Å². The van der Waals surface area contributed by atoms with Crippen LogP contribution >= 0.6 is 0 Å². The summed E-state index contributed by atoms with van der Waals surface area (Å²) in [5.74, 6) is 0.677. The van der Waals surface area contributed by atoms with Crippen molar-refractivity contribution >= 4 is 9.84 Å². The van der Waals surface area contributed by atoms with Crippen LogP contribution in [0, 0.1) is 5.92 Å². The van der Waals surface area contributed by atoms with E-state index in [9.17, 15) is 8.42 Å². The minimum atomic E-state index is -3.12. The summed E-state index contributed by atoms with van der Waals surface area (Å²) in [5.41, 5.74) is 1.19. The first-order valence-corrected chi connectivity index (χ1v) is 14.4. The lowest BCUT2D eigenvalue weighted by molar-refractivity contribution is -0.00316. The van der Waals surface area contributed by atoms with Gasteiger partial charge in [-0.2, -0.15) is 0 Å². The Kier molecular flexibility index (Phi) is 8.62. The van der Waals surface area contributed by atoms with Gasteiger partial charge in [-0.25, -0.2) is 8.42 Å². The van der Waals surface area contributed by atoms with Gasteiger partial charge in [0.05, 0.1) is 11.5 Å². The third-order valence-electron chi connectivity index (χ3n) is 7.41. The highest BCUT2D eigenvalue weighted by atomic mass is 32.2. The van der Waals surface area contributed by atoms with Crippen molar-refractivity contribution < 1.29 is 13.2 Å². The zero-order valence-corrected chi connectivity index (χ0v) is 20.6. The lowest BCUT2D eigenvalue weighted by Gasteiger charge is -2.46. The molecule has 1 aromatic carbocycles. The molecule has 1 unspecified atom stereocenters. The van der Waals surface area contributed by atoms with Gasteiger partial charge in [-0.3, -0.25) is 9.80 Å². The molecule has 7 heteroatoms. The molecule has 0 radical (unpaired) electrons.